The highest BCUT2D eigenvalue weighted by atomic mass is 16.2. The Morgan fingerprint density at radius 1 is 1.23 bits per heavy atom. The number of carbonyl (C=O) groups excluding carboxylic acids is 1. The predicted octanol–water partition coefficient (Wildman–Crippen LogP) is 1.37. The summed E-state index contributed by atoms with van der Waals surface area (Å²) in [5, 5.41) is 8.01. The SMILES string of the molecule is CC(C)(C)n1ncc2c(=O)[nH]c(N3CCC(NC(=O)C4CC4)CC3)nc21. The van der Waals surface area contributed by atoms with Crippen LogP contribution in [-0.2, 0) is 10.3 Å². The molecule has 0 radical (unpaired) electrons. The molecule has 8 nitrogen and oxygen atoms in total. The van der Waals surface area contributed by atoms with Gasteiger partial charge in [-0.3, -0.25) is 14.6 Å². The van der Waals surface area contributed by atoms with E-state index in [0.29, 0.717) is 17.0 Å². The predicted molar refractivity (Wildman–Crippen MR) is 99.2 cm³/mol. The normalized spacial score (nSPS) is 19.1. The first kappa shape index (κ1) is 17.1. The maximum atomic E-state index is 12.4. The minimum atomic E-state index is -0.250. The number of anilines is 1. The molecule has 2 fully saturated rings. The molecule has 1 saturated carbocycles. The Hall–Kier alpha value is -2.38. The summed E-state index contributed by atoms with van der Waals surface area (Å²) >= 11 is 0. The molecule has 140 valence electrons. The van der Waals surface area contributed by atoms with Crippen LogP contribution in [0.4, 0.5) is 5.95 Å². The van der Waals surface area contributed by atoms with Crippen LogP contribution in [0.3, 0.4) is 0 Å². The van der Waals surface area contributed by atoms with Gasteiger partial charge < -0.3 is 10.2 Å². The van der Waals surface area contributed by atoms with Crippen molar-refractivity contribution < 1.29 is 4.79 Å². The minimum absolute atomic E-state index is 0.162. The molecular formula is C18H26N6O2. The number of rotatable bonds is 3. The van der Waals surface area contributed by atoms with Gasteiger partial charge in [0.05, 0.1) is 11.7 Å². The van der Waals surface area contributed by atoms with Crippen molar-refractivity contribution >= 4 is 22.9 Å². The molecule has 3 heterocycles. The second-order valence-electron chi connectivity index (χ2n) is 8.40. The minimum Gasteiger partial charge on any atom is -0.353 e. The van der Waals surface area contributed by atoms with E-state index >= 15 is 0 Å². The van der Waals surface area contributed by atoms with Crippen LogP contribution in [0.5, 0.6) is 0 Å². The van der Waals surface area contributed by atoms with Crippen LogP contribution in [0.1, 0.15) is 46.5 Å². The van der Waals surface area contributed by atoms with Gasteiger partial charge >= 0.3 is 0 Å². The molecule has 0 aromatic carbocycles. The van der Waals surface area contributed by atoms with Gasteiger partial charge in [-0.15, -0.1) is 0 Å². The van der Waals surface area contributed by atoms with Crippen molar-refractivity contribution in [2.75, 3.05) is 18.0 Å². The fourth-order valence-corrected chi connectivity index (χ4v) is 3.45. The van der Waals surface area contributed by atoms with Gasteiger partial charge in [0.25, 0.3) is 5.56 Å². The summed E-state index contributed by atoms with van der Waals surface area (Å²) in [5.41, 5.74) is 0.199. The molecule has 1 saturated heterocycles. The molecule has 2 aromatic heterocycles. The molecule has 2 N–H and O–H groups in total. The smallest absolute Gasteiger partial charge is 0.263 e. The molecule has 0 spiro atoms. The largest absolute Gasteiger partial charge is 0.353 e. The summed E-state index contributed by atoms with van der Waals surface area (Å²) in [6.45, 7) is 7.63. The van der Waals surface area contributed by atoms with Gasteiger partial charge in [0.1, 0.15) is 5.39 Å². The third kappa shape index (κ3) is 3.20. The molecule has 1 aliphatic heterocycles. The topological polar surface area (TPSA) is 95.9 Å². The monoisotopic (exact) mass is 358 g/mol. The van der Waals surface area contributed by atoms with E-state index < -0.39 is 0 Å². The van der Waals surface area contributed by atoms with E-state index in [-0.39, 0.29) is 29.0 Å². The Morgan fingerprint density at radius 2 is 1.92 bits per heavy atom. The molecule has 26 heavy (non-hydrogen) atoms. The van der Waals surface area contributed by atoms with Gasteiger partial charge in [-0.2, -0.15) is 10.1 Å². The van der Waals surface area contributed by atoms with Crippen LogP contribution in [0.2, 0.25) is 0 Å². The van der Waals surface area contributed by atoms with Crippen LogP contribution in [0.25, 0.3) is 11.0 Å². The quantitative estimate of drug-likeness (QED) is 0.864. The molecule has 8 heteroatoms. The summed E-state index contributed by atoms with van der Waals surface area (Å²) in [7, 11) is 0. The Bertz CT molecular complexity index is 881. The van der Waals surface area contributed by atoms with E-state index in [9.17, 15) is 9.59 Å². The van der Waals surface area contributed by atoms with Gasteiger partial charge in [0.2, 0.25) is 11.9 Å². The maximum Gasteiger partial charge on any atom is 0.263 e. The van der Waals surface area contributed by atoms with Crippen molar-refractivity contribution in [2.24, 2.45) is 5.92 Å². The number of hydrogen-bond donors (Lipinski definition) is 2. The second kappa shape index (κ2) is 6.10. The van der Waals surface area contributed by atoms with Crippen molar-refractivity contribution in [1.82, 2.24) is 25.1 Å². The van der Waals surface area contributed by atoms with Crippen molar-refractivity contribution in [3.63, 3.8) is 0 Å². The number of amides is 1. The zero-order valence-electron chi connectivity index (χ0n) is 15.6. The third-order valence-electron chi connectivity index (χ3n) is 5.15. The van der Waals surface area contributed by atoms with Crippen molar-refractivity contribution in [3.8, 4) is 0 Å². The Balaban J connectivity index is 1.52. The molecule has 4 rings (SSSR count). The zero-order chi connectivity index (χ0) is 18.5. The summed E-state index contributed by atoms with van der Waals surface area (Å²) < 4.78 is 1.80. The van der Waals surface area contributed by atoms with Gasteiger partial charge in [-0.1, -0.05) is 0 Å². The highest BCUT2D eigenvalue weighted by Crippen LogP contribution is 2.29. The first-order valence-electron chi connectivity index (χ1n) is 9.37. The molecule has 0 atom stereocenters. The zero-order valence-corrected chi connectivity index (χ0v) is 15.6. The summed E-state index contributed by atoms with van der Waals surface area (Å²) in [5.74, 6) is 1.03. The Kier molecular flexibility index (Phi) is 4.00. The van der Waals surface area contributed by atoms with E-state index in [1.165, 1.54) is 0 Å². The molecule has 0 unspecified atom stereocenters. The maximum absolute atomic E-state index is 12.4. The average Bonchev–Trinajstić information content (AvgIpc) is 3.33. The number of H-pyrrole nitrogens is 1. The standard InChI is InChI=1S/C18H26N6O2/c1-18(2,3)24-14-13(10-19-24)16(26)22-17(21-14)23-8-6-12(7-9-23)20-15(25)11-4-5-11/h10-12H,4-9H2,1-3H3,(H,20,25)(H,21,22,26). The lowest BCUT2D eigenvalue weighted by molar-refractivity contribution is -0.123. The number of nitrogens with one attached hydrogen (secondary N) is 2. The first-order chi connectivity index (χ1) is 12.3. The second-order valence-corrected chi connectivity index (χ2v) is 8.40. The van der Waals surface area contributed by atoms with Gasteiger partial charge in [0, 0.05) is 25.0 Å². The van der Waals surface area contributed by atoms with E-state index in [4.69, 9.17) is 4.98 Å². The molecule has 2 aliphatic rings. The number of piperidine rings is 1. The van der Waals surface area contributed by atoms with E-state index in [1.807, 2.05) is 20.8 Å². The van der Waals surface area contributed by atoms with Gasteiger partial charge in [-0.05, 0) is 46.5 Å². The number of aromatic amines is 1. The lowest BCUT2D eigenvalue weighted by Gasteiger charge is -2.32. The van der Waals surface area contributed by atoms with Crippen molar-refractivity contribution in [1.29, 1.82) is 0 Å². The van der Waals surface area contributed by atoms with Crippen molar-refractivity contribution in [2.45, 2.75) is 58.0 Å². The number of hydrogen-bond acceptors (Lipinski definition) is 5. The van der Waals surface area contributed by atoms with Crippen LogP contribution in [-0.4, -0.2) is 44.8 Å². The molecule has 2 aromatic rings. The van der Waals surface area contributed by atoms with E-state index in [1.54, 1.807) is 10.9 Å². The van der Waals surface area contributed by atoms with Gasteiger partial charge in [-0.25, -0.2) is 4.68 Å². The number of nitrogens with zero attached hydrogens (tertiary/aromatic N) is 4. The van der Waals surface area contributed by atoms with Crippen LogP contribution in [0.15, 0.2) is 11.0 Å². The lowest BCUT2D eigenvalue weighted by Crippen LogP contribution is -2.45. The molecule has 1 amide bonds. The fourth-order valence-electron chi connectivity index (χ4n) is 3.45. The fraction of sp³-hybridized carbons (Fsp3) is 0.667. The highest BCUT2D eigenvalue weighted by Gasteiger charge is 2.32. The van der Waals surface area contributed by atoms with Crippen molar-refractivity contribution in [3.05, 3.63) is 16.6 Å². The van der Waals surface area contributed by atoms with E-state index in [0.717, 1.165) is 38.8 Å². The Morgan fingerprint density at radius 3 is 2.54 bits per heavy atom. The average molecular weight is 358 g/mol. The van der Waals surface area contributed by atoms with Crippen LogP contribution < -0.4 is 15.8 Å². The lowest BCUT2D eigenvalue weighted by atomic mass is 10.1. The number of fused-ring (bicyclic) bond motifs is 1. The number of carbonyl (C=O) groups is 1. The summed E-state index contributed by atoms with van der Waals surface area (Å²) in [6.07, 6.45) is 5.35. The summed E-state index contributed by atoms with van der Waals surface area (Å²) in [6, 6.07) is 0.218. The number of aromatic nitrogens is 4. The highest BCUT2D eigenvalue weighted by molar-refractivity contribution is 5.81. The van der Waals surface area contributed by atoms with Crippen LogP contribution >= 0.6 is 0 Å². The summed E-state index contributed by atoms with van der Waals surface area (Å²) in [4.78, 5) is 34.0. The molecule has 1 aliphatic carbocycles. The van der Waals surface area contributed by atoms with Crippen LogP contribution in [0, 0.1) is 5.92 Å². The van der Waals surface area contributed by atoms with E-state index in [2.05, 4.69) is 20.3 Å². The third-order valence-corrected chi connectivity index (χ3v) is 5.15. The first-order valence-corrected chi connectivity index (χ1v) is 9.37. The molecular weight excluding hydrogens is 332 g/mol. The van der Waals surface area contributed by atoms with Gasteiger partial charge in [0.15, 0.2) is 5.65 Å². The molecule has 0 bridgehead atoms. The Labute approximate surface area is 152 Å².